The van der Waals surface area contributed by atoms with Crippen LogP contribution in [-0.4, -0.2) is 36.6 Å². The molecule has 0 spiro atoms. The zero-order chi connectivity index (χ0) is 12.8. The minimum atomic E-state index is -0.113. The molecule has 1 atom stereocenters. The summed E-state index contributed by atoms with van der Waals surface area (Å²) in [5.74, 6) is -0.113. The molecule has 0 aliphatic rings. The summed E-state index contributed by atoms with van der Waals surface area (Å²) < 4.78 is 4.89. The van der Waals surface area contributed by atoms with Gasteiger partial charge in [-0.25, -0.2) is 0 Å². The molecule has 0 aliphatic heterocycles. The van der Waals surface area contributed by atoms with Crippen molar-refractivity contribution in [2.24, 2.45) is 0 Å². The first-order chi connectivity index (χ1) is 7.40. The van der Waals surface area contributed by atoms with Crippen LogP contribution in [0.4, 0.5) is 0 Å². The number of carbonyl (C=O) groups excluding carboxylic acids is 1. The molecule has 0 fully saturated rings. The Labute approximate surface area is 100 Å². The zero-order valence-electron chi connectivity index (χ0n) is 11.7. The van der Waals surface area contributed by atoms with Crippen LogP contribution in [0.15, 0.2) is 0 Å². The van der Waals surface area contributed by atoms with E-state index in [-0.39, 0.29) is 17.6 Å². The summed E-state index contributed by atoms with van der Waals surface area (Å²) in [7, 11) is 3.48. The molecule has 0 rings (SSSR count). The van der Waals surface area contributed by atoms with E-state index in [1.807, 2.05) is 7.05 Å². The molecule has 16 heavy (non-hydrogen) atoms. The maximum absolute atomic E-state index is 11.8. The highest BCUT2D eigenvalue weighted by atomic mass is 16.5. The summed E-state index contributed by atoms with van der Waals surface area (Å²) in [6, 6.07) is -0.111. The van der Waals surface area contributed by atoms with Crippen LogP contribution in [0.25, 0.3) is 0 Å². The van der Waals surface area contributed by atoms with Gasteiger partial charge in [-0.1, -0.05) is 26.7 Å². The normalized spacial score (nSPS) is 13.9. The maximum Gasteiger partial charge on any atom is 0.323 e. The number of likely N-dealkylation sites (N-methyl/N-ethyl adjacent to an activating group) is 1. The van der Waals surface area contributed by atoms with Gasteiger partial charge in [0, 0.05) is 5.54 Å². The lowest BCUT2D eigenvalue weighted by atomic mass is 9.96. The van der Waals surface area contributed by atoms with Crippen LogP contribution in [0.3, 0.4) is 0 Å². The maximum atomic E-state index is 11.8. The van der Waals surface area contributed by atoms with Gasteiger partial charge in [-0.15, -0.1) is 0 Å². The van der Waals surface area contributed by atoms with Crippen molar-refractivity contribution >= 4 is 5.97 Å². The minimum absolute atomic E-state index is 0.0343. The fourth-order valence-corrected chi connectivity index (χ4v) is 1.67. The molecule has 0 saturated carbocycles. The second-order valence-corrected chi connectivity index (χ2v) is 4.96. The summed E-state index contributed by atoms with van der Waals surface area (Å²) in [5, 5.41) is 0. The summed E-state index contributed by atoms with van der Waals surface area (Å²) in [5.41, 5.74) is 0.0343. The van der Waals surface area contributed by atoms with Gasteiger partial charge in [0.15, 0.2) is 0 Å². The van der Waals surface area contributed by atoms with E-state index < -0.39 is 0 Å². The topological polar surface area (TPSA) is 29.5 Å². The van der Waals surface area contributed by atoms with Gasteiger partial charge in [0.05, 0.1) is 7.11 Å². The summed E-state index contributed by atoms with van der Waals surface area (Å²) in [6.45, 7) is 8.60. The number of hydrogen-bond acceptors (Lipinski definition) is 3. The van der Waals surface area contributed by atoms with Crippen LogP contribution in [0.5, 0.6) is 0 Å². The highest BCUT2D eigenvalue weighted by molar-refractivity contribution is 5.75. The minimum Gasteiger partial charge on any atom is -0.468 e. The third-order valence-electron chi connectivity index (χ3n) is 3.59. The summed E-state index contributed by atoms with van der Waals surface area (Å²) in [4.78, 5) is 13.9. The summed E-state index contributed by atoms with van der Waals surface area (Å²) >= 11 is 0. The Balaban J connectivity index is 4.67. The average molecular weight is 229 g/mol. The molecule has 1 unspecified atom stereocenters. The fourth-order valence-electron chi connectivity index (χ4n) is 1.67. The second kappa shape index (κ2) is 6.89. The molecule has 0 saturated heterocycles. The monoisotopic (exact) mass is 229 g/mol. The largest absolute Gasteiger partial charge is 0.468 e. The highest BCUT2D eigenvalue weighted by Crippen LogP contribution is 2.22. The molecule has 3 heteroatoms. The van der Waals surface area contributed by atoms with Gasteiger partial charge in [0.1, 0.15) is 6.04 Å². The van der Waals surface area contributed by atoms with Gasteiger partial charge >= 0.3 is 5.97 Å². The predicted octanol–water partition coefficient (Wildman–Crippen LogP) is 2.84. The molecule has 3 nitrogen and oxygen atoms in total. The van der Waals surface area contributed by atoms with Crippen LogP contribution in [0, 0.1) is 0 Å². The van der Waals surface area contributed by atoms with Crippen molar-refractivity contribution < 1.29 is 9.53 Å². The van der Waals surface area contributed by atoms with Crippen molar-refractivity contribution in [2.45, 2.75) is 65.0 Å². The zero-order valence-corrected chi connectivity index (χ0v) is 11.7. The third-order valence-corrected chi connectivity index (χ3v) is 3.59. The molecule has 0 bridgehead atoms. The highest BCUT2D eigenvalue weighted by Gasteiger charge is 2.32. The Kier molecular flexibility index (Phi) is 6.65. The smallest absolute Gasteiger partial charge is 0.323 e. The van der Waals surface area contributed by atoms with Crippen molar-refractivity contribution in [3.63, 3.8) is 0 Å². The van der Waals surface area contributed by atoms with E-state index in [1.165, 1.54) is 7.11 Å². The number of hydrogen-bond donors (Lipinski definition) is 0. The Morgan fingerprint density at radius 3 is 2.31 bits per heavy atom. The molecule has 0 N–H and O–H groups in total. The van der Waals surface area contributed by atoms with Gasteiger partial charge in [-0.3, -0.25) is 9.69 Å². The van der Waals surface area contributed by atoms with E-state index in [0.717, 1.165) is 25.7 Å². The van der Waals surface area contributed by atoms with Gasteiger partial charge < -0.3 is 4.74 Å². The number of unbranched alkanes of at least 4 members (excludes halogenated alkanes) is 1. The van der Waals surface area contributed by atoms with Gasteiger partial charge in [-0.2, -0.15) is 0 Å². The van der Waals surface area contributed by atoms with Crippen molar-refractivity contribution in [2.75, 3.05) is 14.2 Å². The van der Waals surface area contributed by atoms with Gasteiger partial charge in [0.25, 0.3) is 0 Å². The first-order valence-corrected chi connectivity index (χ1v) is 6.21. The molecule has 0 aromatic rings. The van der Waals surface area contributed by atoms with Crippen molar-refractivity contribution in [1.29, 1.82) is 0 Å². The van der Waals surface area contributed by atoms with Crippen molar-refractivity contribution in [3.8, 4) is 0 Å². The number of nitrogens with zero attached hydrogens (tertiary/aromatic N) is 1. The lowest BCUT2D eigenvalue weighted by Crippen LogP contribution is -2.50. The molecule has 0 amide bonds. The molecule has 96 valence electrons. The molecular weight excluding hydrogens is 202 g/mol. The second-order valence-electron chi connectivity index (χ2n) is 4.96. The van der Waals surface area contributed by atoms with E-state index in [2.05, 4.69) is 32.6 Å². The van der Waals surface area contributed by atoms with Crippen molar-refractivity contribution in [3.05, 3.63) is 0 Å². The molecular formula is C13H27NO2. The SMILES string of the molecule is CCCCC(C(=O)OC)N(C)C(C)(C)CC. The lowest BCUT2D eigenvalue weighted by Gasteiger charge is -2.39. The van der Waals surface area contributed by atoms with E-state index in [4.69, 9.17) is 4.74 Å². The quantitative estimate of drug-likeness (QED) is 0.629. The van der Waals surface area contributed by atoms with E-state index in [9.17, 15) is 4.79 Å². The number of ether oxygens (including phenoxy) is 1. The number of carbonyl (C=O) groups is 1. The molecule has 0 aromatic heterocycles. The van der Waals surface area contributed by atoms with E-state index in [1.54, 1.807) is 0 Å². The Hall–Kier alpha value is -0.570. The van der Waals surface area contributed by atoms with Crippen LogP contribution in [0.1, 0.15) is 53.4 Å². The Bertz CT molecular complexity index is 214. The number of esters is 1. The third kappa shape index (κ3) is 4.12. The molecule has 0 aromatic carbocycles. The fraction of sp³-hybridized carbons (Fsp3) is 0.923. The van der Waals surface area contributed by atoms with E-state index in [0.29, 0.717) is 0 Å². The Morgan fingerprint density at radius 1 is 1.38 bits per heavy atom. The van der Waals surface area contributed by atoms with Crippen LogP contribution >= 0.6 is 0 Å². The standard InChI is InChI=1S/C13H27NO2/c1-7-9-10-11(12(15)16-6)14(5)13(3,4)8-2/h11H,7-10H2,1-6H3. The van der Waals surface area contributed by atoms with Crippen LogP contribution in [-0.2, 0) is 9.53 Å². The number of methoxy groups -OCH3 is 1. The Morgan fingerprint density at radius 2 is 1.94 bits per heavy atom. The van der Waals surface area contributed by atoms with Gasteiger partial charge in [-0.05, 0) is 33.7 Å². The molecule has 0 aliphatic carbocycles. The van der Waals surface area contributed by atoms with E-state index >= 15 is 0 Å². The van der Waals surface area contributed by atoms with Crippen LogP contribution < -0.4 is 0 Å². The summed E-state index contributed by atoms with van der Waals surface area (Å²) in [6.07, 6.45) is 4.06. The van der Waals surface area contributed by atoms with Gasteiger partial charge in [0.2, 0.25) is 0 Å². The predicted molar refractivity (Wildman–Crippen MR) is 67.5 cm³/mol. The number of rotatable bonds is 7. The lowest BCUT2D eigenvalue weighted by molar-refractivity contribution is -0.149. The first-order valence-electron chi connectivity index (χ1n) is 6.21. The first kappa shape index (κ1) is 15.4. The van der Waals surface area contributed by atoms with Crippen molar-refractivity contribution in [1.82, 2.24) is 4.90 Å². The van der Waals surface area contributed by atoms with Crippen LogP contribution in [0.2, 0.25) is 0 Å². The molecule has 0 heterocycles. The average Bonchev–Trinajstić information content (AvgIpc) is 2.28. The molecule has 0 radical (unpaired) electrons.